The molecule has 0 unspecified atom stereocenters. The van der Waals surface area contributed by atoms with Crippen LogP contribution in [0.3, 0.4) is 0 Å². The maximum atomic E-state index is 8.45. The lowest BCUT2D eigenvalue weighted by Crippen LogP contribution is -2.62. The third-order valence-corrected chi connectivity index (χ3v) is 20.3. The first-order valence-electron chi connectivity index (χ1n) is 25.3. The number of halogens is 12. The van der Waals surface area contributed by atoms with E-state index in [2.05, 4.69) is 48.5 Å². The maximum absolute atomic E-state index is 8.45. The quantitative estimate of drug-likeness (QED) is 0.133. The summed E-state index contributed by atoms with van der Waals surface area (Å²) < 4.78 is 0. The molecule has 0 saturated heterocycles. The summed E-state index contributed by atoms with van der Waals surface area (Å²) in [6, 6.07) is 62.8. The van der Waals surface area contributed by atoms with Crippen molar-refractivity contribution >= 4 is 161 Å². The van der Waals surface area contributed by atoms with Gasteiger partial charge in [0.05, 0.1) is 41.8 Å². The van der Waals surface area contributed by atoms with Crippen molar-refractivity contribution in [3.63, 3.8) is 0 Å². The van der Waals surface area contributed by atoms with Gasteiger partial charge in [-0.3, -0.25) is 0 Å². The second-order valence-corrected chi connectivity index (χ2v) is 25.6. The Hall–Kier alpha value is -4.58. The predicted octanol–water partition coefficient (Wildman–Crippen LogP) is 23.8. The van der Waals surface area contributed by atoms with E-state index in [9.17, 15) is 0 Å². The standard InChI is InChI=1S/C68H38Cl12/c1-35-53-55(63(79)59-57(61(53)77)65(37-11-3-19-45(69)27-37,38-12-4-20-46(70)28-38)67(59,41-15-7-23-49(73)31-41)42-16-8-24-50(74)32-42)36(2)56-54(35)62(78)58-60(64(56)80)68(43-17-9-25-51(75)33-43,44-18-10-26-52(76)34-44)66(58,39-13-5-21-47(71)29-39)40-14-6-22-48(72)30-40/h3-34H,1-2H3. The highest BCUT2D eigenvalue weighted by molar-refractivity contribution is 6.48. The zero-order valence-electron chi connectivity index (χ0n) is 42.0. The molecule has 0 atom stereocenters. The molecule has 0 fully saturated rings. The van der Waals surface area contributed by atoms with Gasteiger partial charge in [-0.15, -0.1) is 0 Å². The molecule has 11 aromatic carbocycles. The van der Waals surface area contributed by atoms with Crippen LogP contribution in [0.15, 0.2) is 194 Å². The molecule has 0 spiro atoms. The van der Waals surface area contributed by atoms with Crippen molar-refractivity contribution in [1.82, 2.24) is 0 Å². The van der Waals surface area contributed by atoms with E-state index in [-0.39, 0.29) is 0 Å². The summed E-state index contributed by atoms with van der Waals surface area (Å²) in [4.78, 5) is 0. The number of aryl methyl sites for hydroxylation is 2. The van der Waals surface area contributed by atoms with Gasteiger partial charge in [0.2, 0.25) is 0 Å². The molecule has 12 heteroatoms. The number of fused-ring (bicyclic) bond motifs is 4. The maximum Gasteiger partial charge on any atom is 0.0649 e. The van der Waals surface area contributed by atoms with E-state index in [1.54, 1.807) is 0 Å². The van der Waals surface area contributed by atoms with Crippen LogP contribution in [0.5, 0.6) is 0 Å². The van der Waals surface area contributed by atoms with Gasteiger partial charge in [-0.2, -0.15) is 0 Å². The number of hydrogen-bond acceptors (Lipinski definition) is 0. The van der Waals surface area contributed by atoms with Crippen LogP contribution in [-0.2, 0) is 21.7 Å². The summed E-state index contributed by atoms with van der Waals surface area (Å²) in [6.45, 7) is 4.07. The Morgan fingerprint density at radius 2 is 0.350 bits per heavy atom. The van der Waals surface area contributed by atoms with E-state index in [0.717, 1.165) is 77.9 Å². The Morgan fingerprint density at radius 1 is 0.212 bits per heavy atom. The Balaban J connectivity index is 1.28. The zero-order valence-corrected chi connectivity index (χ0v) is 51.1. The van der Waals surface area contributed by atoms with Crippen LogP contribution >= 0.6 is 139 Å². The molecule has 0 heterocycles. The number of hydrogen-bond donors (Lipinski definition) is 0. The van der Waals surface area contributed by atoms with Crippen LogP contribution in [0.1, 0.15) is 77.9 Å². The van der Waals surface area contributed by atoms with Gasteiger partial charge < -0.3 is 0 Å². The highest BCUT2D eigenvalue weighted by Gasteiger charge is 2.71. The molecule has 0 aliphatic heterocycles. The molecule has 0 nitrogen and oxygen atoms in total. The molecule has 13 rings (SSSR count). The molecular weight excluding hydrogens is 1240 g/mol. The number of benzene rings is 11. The van der Waals surface area contributed by atoms with E-state index in [1.165, 1.54) is 0 Å². The Labute approximate surface area is 523 Å². The monoisotopic (exact) mass is 1270 g/mol. The highest BCUT2D eigenvalue weighted by Crippen LogP contribution is 2.76. The minimum absolute atomic E-state index is 0.444. The van der Waals surface area contributed by atoms with Crippen LogP contribution in [0.25, 0.3) is 21.5 Å². The predicted molar refractivity (Wildman–Crippen MR) is 342 cm³/mol. The molecule has 0 radical (unpaired) electrons. The largest absolute Gasteiger partial charge is 0.0843 e. The average molecular weight is 1280 g/mol. The summed E-state index contributed by atoms with van der Waals surface area (Å²) in [5.74, 6) is 0. The molecule has 0 N–H and O–H groups in total. The van der Waals surface area contributed by atoms with Crippen LogP contribution < -0.4 is 0 Å². The van der Waals surface area contributed by atoms with Gasteiger partial charge >= 0.3 is 0 Å². The summed E-state index contributed by atoms with van der Waals surface area (Å²) in [7, 11) is 0. The van der Waals surface area contributed by atoms with Gasteiger partial charge in [-0.05, 0) is 189 Å². The van der Waals surface area contributed by atoms with Crippen LogP contribution in [0.2, 0.25) is 60.3 Å². The number of rotatable bonds is 8. The van der Waals surface area contributed by atoms with Crippen LogP contribution in [0.4, 0.5) is 0 Å². The Morgan fingerprint density at radius 3 is 0.475 bits per heavy atom. The van der Waals surface area contributed by atoms with Crippen LogP contribution in [-0.4, -0.2) is 0 Å². The fourth-order valence-electron chi connectivity index (χ4n) is 14.4. The van der Waals surface area contributed by atoms with Crippen molar-refractivity contribution in [2.24, 2.45) is 0 Å². The molecule has 0 saturated carbocycles. The van der Waals surface area contributed by atoms with E-state index >= 15 is 0 Å². The molecule has 2 aliphatic rings. The molecular formula is C68H38Cl12. The van der Waals surface area contributed by atoms with Crippen molar-refractivity contribution < 1.29 is 0 Å². The first-order chi connectivity index (χ1) is 38.4. The minimum Gasteiger partial charge on any atom is -0.0843 e. The van der Waals surface area contributed by atoms with Gasteiger partial charge in [0.15, 0.2) is 0 Å². The van der Waals surface area contributed by atoms with Crippen molar-refractivity contribution in [2.75, 3.05) is 0 Å². The third kappa shape index (κ3) is 7.32. The fraction of sp³-hybridized carbons (Fsp3) is 0.0882. The van der Waals surface area contributed by atoms with E-state index in [1.807, 2.05) is 159 Å². The summed E-state index contributed by atoms with van der Waals surface area (Å²) in [6.07, 6.45) is 0. The SMILES string of the molecule is Cc1c2c(Cl)c3c(c(Cl)c2c(C)c2c(Cl)c4c(c(Cl)c12)C(c1cccc(Cl)c1)(c1cccc(Cl)c1)C4(c1cccc(Cl)c1)c1cccc(Cl)c1)C(c1cccc(Cl)c1)(c1cccc(Cl)c1)C3(c1cccc(Cl)c1)c1cccc(Cl)c1. The lowest BCUT2D eigenvalue weighted by molar-refractivity contribution is 0.353. The molecule has 0 aromatic heterocycles. The molecule has 0 amide bonds. The van der Waals surface area contributed by atoms with Crippen LogP contribution in [0, 0.1) is 13.8 Å². The topological polar surface area (TPSA) is 0 Å². The molecule has 0 bridgehead atoms. The van der Waals surface area contributed by atoms with Gasteiger partial charge in [-0.1, -0.05) is 236 Å². The van der Waals surface area contributed by atoms with Gasteiger partial charge in [0.25, 0.3) is 0 Å². The molecule has 80 heavy (non-hydrogen) atoms. The van der Waals surface area contributed by atoms with Crippen molar-refractivity contribution in [3.8, 4) is 0 Å². The summed E-state index contributed by atoms with van der Waals surface area (Å²) >= 11 is 90.7. The van der Waals surface area contributed by atoms with Gasteiger partial charge in [0.1, 0.15) is 0 Å². The summed E-state index contributed by atoms with van der Waals surface area (Å²) in [5, 5.41) is 8.61. The smallest absolute Gasteiger partial charge is 0.0649 e. The second kappa shape index (κ2) is 20.1. The molecule has 394 valence electrons. The normalized spacial score (nSPS) is 15.3. The first-order valence-corrected chi connectivity index (χ1v) is 29.9. The second-order valence-electron chi connectivity index (χ2n) is 20.6. The molecule has 11 aromatic rings. The van der Waals surface area contributed by atoms with Crippen molar-refractivity contribution in [3.05, 3.63) is 332 Å². The van der Waals surface area contributed by atoms with E-state index < -0.39 is 21.7 Å². The lowest BCUT2D eigenvalue weighted by atomic mass is 9.38. The Kier molecular flexibility index (Phi) is 13.7. The lowest BCUT2D eigenvalue weighted by Gasteiger charge is -2.63. The average Bonchev–Trinajstić information content (AvgIpc) is 3.15. The van der Waals surface area contributed by atoms with E-state index in [0.29, 0.717) is 81.8 Å². The van der Waals surface area contributed by atoms with Crippen molar-refractivity contribution in [1.29, 1.82) is 0 Å². The highest BCUT2D eigenvalue weighted by atomic mass is 35.5. The summed E-state index contributed by atoms with van der Waals surface area (Å²) in [5.41, 5.74) is 6.12. The van der Waals surface area contributed by atoms with Gasteiger partial charge in [0, 0.05) is 61.7 Å². The zero-order chi connectivity index (χ0) is 55.9. The first kappa shape index (κ1) is 54.7. The van der Waals surface area contributed by atoms with E-state index in [4.69, 9.17) is 139 Å². The van der Waals surface area contributed by atoms with Gasteiger partial charge in [-0.25, -0.2) is 0 Å². The third-order valence-electron chi connectivity index (χ3n) is 16.9. The Bertz CT molecular complexity index is 3720. The fourth-order valence-corrected chi connectivity index (χ4v) is 17.8. The van der Waals surface area contributed by atoms with Crippen molar-refractivity contribution in [2.45, 2.75) is 35.5 Å². The minimum atomic E-state index is -1.22. The molecule has 2 aliphatic carbocycles.